The van der Waals surface area contributed by atoms with Crippen molar-refractivity contribution in [2.75, 3.05) is 19.6 Å². The van der Waals surface area contributed by atoms with Crippen LogP contribution < -0.4 is 5.73 Å². The van der Waals surface area contributed by atoms with Crippen molar-refractivity contribution in [3.63, 3.8) is 0 Å². The van der Waals surface area contributed by atoms with Crippen LogP contribution in [0.2, 0.25) is 0 Å². The van der Waals surface area contributed by atoms with E-state index in [0.717, 1.165) is 25.7 Å². The number of rotatable bonds is 19. The molecule has 0 aromatic heterocycles. The molecule has 0 saturated carbocycles. The first-order valence-corrected chi connectivity index (χ1v) is 11.0. The summed E-state index contributed by atoms with van der Waals surface area (Å²) < 4.78 is 0. The molecule has 0 aliphatic heterocycles. The quantitative estimate of drug-likeness (QED) is 0.191. The maximum absolute atomic E-state index is 12.0. The molecule has 0 aliphatic rings. The van der Waals surface area contributed by atoms with Gasteiger partial charge in [-0.05, 0) is 32.1 Å². The molecule has 0 rings (SSSR count). The van der Waals surface area contributed by atoms with Gasteiger partial charge in [-0.25, -0.2) is 0 Å². The molecule has 0 aromatic rings. The Morgan fingerprint density at radius 2 is 1.36 bits per heavy atom. The molecule has 0 unspecified atom stereocenters. The fourth-order valence-corrected chi connectivity index (χ4v) is 3.12. The topological polar surface area (TPSA) is 83.6 Å². The van der Waals surface area contributed by atoms with Crippen molar-refractivity contribution >= 4 is 41.4 Å². The van der Waals surface area contributed by atoms with Gasteiger partial charge in [0, 0.05) is 19.5 Å². The van der Waals surface area contributed by atoms with Gasteiger partial charge in [0.05, 0.1) is 0 Å². The normalized spacial score (nSPS) is 10.8. The number of aliphatic carboxylic acids is 1. The number of amides is 1. The van der Waals surface area contributed by atoms with Crippen molar-refractivity contribution in [1.29, 1.82) is 0 Å². The van der Waals surface area contributed by atoms with Crippen LogP contribution in [0.4, 0.5) is 0 Å². The van der Waals surface area contributed by atoms with Crippen LogP contribution in [0, 0.1) is 0 Å². The van der Waals surface area contributed by atoms with E-state index in [9.17, 15) is 9.59 Å². The minimum atomic E-state index is -0.985. The second kappa shape index (κ2) is 22.9. The van der Waals surface area contributed by atoms with Crippen molar-refractivity contribution in [1.82, 2.24) is 4.90 Å². The van der Waals surface area contributed by atoms with Gasteiger partial charge >= 0.3 is 35.5 Å². The van der Waals surface area contributed by atoms with Crippen LogP contribution in [0.15, 0.2) is 12.2 Å². The summed E-state index contributed by atoms with van der Waals surface area (Å²) in [7, 11) is 0. The first-order chi connectivity index (χ1) is 13.1. The van der Waals surface area contributed by atoms with Crippen molar-refractivity contribution in [2.45, 2.75) is 96.8 Å². The van der Waals surface area contributed by atoms with Crippen LogP contribution in [0.5, 0.6) is 0 Å². The van der Waals surface area contributed by atoms with Gasteiger partial charge in [0.15, 0.2) is 0 Å². The van der Waals surface area contributed by atoms with Gasteiger partial charge in [-0.15, -0.1) is 0 Å². The van der Waals surface area contributed by atoms with E-state index in [-0.39, 0.29) is 42.0 Å². The summed E-state index contributed by atoms with van der Waals surface area (Å²) in [5.41, 5.74) is 5.44. The van der Waals surface area contributed by atoms with Gasteiger partial charge in [0.2, 0.25) is 5.91 Å². The number of carboxylic acid groups (broad SMARTS) is 1. The Bertz CT molecular complexity index is 403. The summed E-state index contributed by atoms with van der Waals surface area (Å²) in [6.45, 7) is 2.62. The van der Waals surface area contributed by atoms with Gasteiger partial charge in [-0.1, -0.05) is 70.4 Å². The standard InChI is InChI=1S/C22H42N2O3.Na.H/c1-2-3-4-5-6-7-8-9-10-11-12-13-14-15-16-17-21(25)24(19-18-23)20-22(26)27;;/h9-10H,2-8,11-20,23H2,1H3,(H,26,27);;/b10-9-;;. The molecule has 160 valence electrons. The van der Waals surface area contributed by atoms with Gasteiger partial charge in [0.25, 0.3) is 0 Å². The fourth-order valence-electron chi connectivity index (χ4n) is 3.12. The first kappa shape index (κ1) is 29.8. The number of nitrogens with zero attached hydrogens (tertiary/aromatic N) is 1. The second-order valence-corrected chi connectivity index (χ2v) is 7.33. The zero-order valence-electron chi connectivity index (χ0n) is 17.5. The Kier molecular flexibility index (Phi) is 24.4. The summed E-state index contributed by atoms with van der Waals surface area (Å²) in [5.74, 6) is -1.08. The number of hydrogen-bond donors (Lipinski definition) is 2. The molecule has 1 amide bonds. The molecule has 28 heavy (non-hydrogen) atoms. The van der Waals surface area contributed by atoms with E-state index in [0.29, 0.717) is 19.5 Å². The van der Waals surface area contributed by atoms with Gasteiger partial charge in [0.1, 0.15) is 6.54 Å². The number of nitrogens with two attached hydrogens (primary N) is 1. The Morgan fingerprint density at radius 1 is 0.857 bits per heavy atom. The molecule has 0 heterocycles. The van der Waals surface area contributed by atoms with E-state index < -0.39 is 5.97 Å². The number of allylic oxidation sites excluding steroid dienone is 2. The Balaban J connectivity index is 0. The average molecular weight is 407 g/mol. The van der Waals surface area contributed by atoms with Crippen LogP contribution >= 0.6 is 0 Å². The summed E-state index contributed by atoms with van der Waals surface area (Å²) in [6.07, 6.45) is 20.9. The van der Waals surface area contributed by atoms with Crippen LogP contribution in [-0.4, -0.2) is 71.1 Å². The molecular formula is C22H43N2NaO3. The second-order valence-electron chi connectivity index (χ2n) is 7.33. The number of carbonyl (C=O) groups is 2. The SMILES string of the molecule is CCCCCCCC/C=C\CCCCCCCC(=O)N(CCN)CC(=O)O.[NaH]. The number of carbonyl (C=O) groups excluding carboxylic acids is 1. The Hall–Kier alpha value is -0.360. The predicted molar refractivity (Wildman–Crippen MR) is 120 cm³/mol. The Morgan fingerprint density at radius 3 is 1.86 bits per heavy atom. The van der Waals surface area contributed by atoms with E-state index in [2.05, 4.69) is 19.1 Å². The van der Waals surface area contributed by atoms with Crippen molar-refractivity contribution in [3.05, 3.63) is 12.2 Å². The minimum absolute atomic E-state index is 0. The molecule has 0 radical (unpaired) electrons. The number of unbranched alkanes of at least 4 members (excludes halogenated alkanes) is 11. The third-order valence-corrected chi connectivity index (χ3v) is 4.73. The van der Waals surface area contributed by atoms with Gasteiger partial charge in [-0.2, -0.15) is 0 Å². The molecular weight excluding hydrogens is 363 g/mol. The summed E-state index contributed by atoms with van der Waals surface area (Å²) >= 11 is 0. The van der Waals surface area contributed by atoms with Crippen LogP contribution in [0.3, 0.4) is 0 Å². The molecule has 0 spiro atoms. The van der Waals surface area contributed by atoms with E-state index in [1.807, 2.05) is 0 Å². The van der Waals surface area contributed by atoms with E-state index >= 15 is 0 Å². The third kappa shape index (κ3) is 20.4. The fraction of sp³-hybridized carbons (Fsp3) is 0.818. The van der Waals surface area contributed by atoms with E-state index in [1.54, 1.807) is 0 Å². The van der Waals surface area contributed by atoms with Crippen LogP contribution in [0.1, 0.15) is 96.8 Å². The molecule has 0 bridgehead atoms. The zero-order chi connectivity index (χ0) is 20.2. The molecule has 0 aliphatic carbocycles. The van der Waals surface area contributed by atoms with Gasteiger partial charge < -0.3 is 15.7 Å². The monoisotopic (exact) mass is 406 g/mol. The van der Waals surface area contributed by atoms with E-state index in [1.165, 1.54) is 62.7 Å². The molecule has 5 nitrogen and oxygen atoms in total. The molecule has 6 heteroatoms. The Labute approximate surface area is 194 Å². The molecule has 0 saturated heterocycles. The van der Waals surface area contributed by atoms with Crippen LogP contribution in [0.25, 0.3) is 0 Å². The van der Waals surface area contributed by atoms with Crippen molar-refractivity contribution in [3.8, 4) is 0 Å². The predicted octanol–water partition coefficient (Wildman–Crippen LogP) is 4.25. The number of carboxylic acids is 1. The van der Waals surface area contributed by atoms with Crippen molar-refractivity contribution < 1.29 is 14.7 Å². The molecule has 3 N–H and O–H groups in total. The summed E-state index contributed by atoms with van der Waals surface area (Å²) in [5, 5.41) is 8.82. The molecule has 0 fully saturated rings. The molecule has 0 atom stereocenters. The number of hydrogen-bond acceptors (Lipinski definition) is 3. The van der Waals surface area contributed by atoms with Gasteiger partial charge in [-0.3, -0.25) is 9.59 Å². The average Bonchev–Trinajstić information content (AvgIpc) is 2.64. The zero-order valence-corrected chi connectivity index (χ0v) is 17.5. The third-order valence-electron chi connectivity index (χ3n) is 4.73. The maximum atomic E-state index is 12.0. The van der Waals surface area contributed by atoms with Crippen molar-refractivity contribution in [2.24, 2.45) is 5.73 Å². The van der Waals surface area contributed by atoms with E-state index in [4.69, 9.17) is 10.8 Å². The summed E-state index contributed by atoms with van der Waals surface area (Å²) in [4.78, 5) is 24.1. The first-order valence-electron chi connectivity index (χ1n) is 11.0. The molecule has 0 aromatic carbocycles. The van der Waals surface area contributed by atoms with Crippen LogP contribution in [-0.2, 0) is 9.59 Å². The summed E-state index contributed by atoms with van der Waals surface area (Å²) in [6, 6.07) is 0.